The molecule has 1 saturated carbocycles. The van der Waals surface area contributed by atoms with Crippen LogP contribution >= 0.6 is 0 Å². The minimum atomic E-state index is -4.08. The van der Waals surface area contributed by atoms with Crippen LogP contribution in [0.1, 0.15) is 12.8 Å². The van der Waals surface area contributed by atoms with Crippen LogP contribution in [0.5, 0.6) is 17.2 Å². The van der Waals surface area contributed by atoms with Gasteiger partial charge in [0.2, 0.25) is 0 Å². The van der Waals surface area contributed by atoms with Gasteiger partial charge in [-0.3, -0.25) is 4.72 Å². The summed E-state index contributed by atoms with van der Waals surface area (Å²) in [6, 6.07) is 9.98. The summed E-state index contributed by atoms with van der Waals surface area (Å²) in [5.74, 6) is 1.37. The van der Waals surface area contributed by atoms with E-state index < -0.39 is 10.0 Å². The lowest BCUT2D eigenvalue weighted by molar-refractivity contribution is 0.287. The van der Waals surface area contributed by atoms with Crippen LogP contribution in [-0.4, -0.2) is 34.4 Å². The molecule has 1 aliphatic rings. The van der Waals surface area contributed by atoms with Gasteiger partial charge in [-0.05, 0) is 43.0 Å². The Morgan fingerprint density at radius 3 is 2.46 bits per heavy atom. The van der Waals surface area contributed by atoms with Crippen molar-refractivity contribution in [2.75, 3.05) is 25.5 Å². The minimum absolute atomic E-state index is 0.0338. The highest BCUT2D eigenvalue weighted by molar-refractivity contribution is 7.93. The second-order valence-corrected chi connectivity index (χ2v) is 8.13. The zero-order chi connectivity index (χ0) is 19.7. The van der Waals surface area contributed by atoms with Gasteiger partial charge in [-0.25, -0.2) is 8.42 Å². The van der Waals surface area contributed by atoms with Crippen LogP contribution in [0.25, 0.3) is 11.0 Å². The van der Waals surface area contributed by atoms with E-state index in [1.165, 1.54) is 14.2 Å². The Kier molecular flexibility index (Phi) is 4.76. The Morgan fingerprint density at radius 1 is 1.07 bits per heavy atom. The number of nitrogens with zero attached hydrogens (tertiary/aromatic N) is 1. The van der Waals surface area contributed by atoms with E-state index in [1.807, 2.05) is 0 Å². The number of rotatable bonds is 8. The fourth-order valence-electron chi connectivity index (χ4n) is 2.91. The van der Waals surface area contributed by atoms with Crippen LogP contribution in [-0.2, 0) is 10.0 Å². The zero-order valence-corrected chi connectivity index (χ0v) is 16.3. The highest BCUT2D eigenvalue weighted by Gasteiger charge is 2.29. The summed E-state index contributed by atoms with van der Waals surface area (Å²) >= 11 is 0. The molecule has 2 aromatic carbocycles. The quantitative estimate of drug-likeness (QED) is 0.614. The molecule has 1 heterocycles. The Hall–Kier alpha value is -2.94. The number of ether oxygens (including phenoxy) is 3. The molecule has 0 radical (unpaired) electrons. The molecule has 3 aromatic rings. The van der Waals surface area contributed by atoms with E-state index in [1.54, 1.807) is 36.4 Å². The van der Waals surface area contributed by atoms with Crippen molar-refractivity contribution in [1.82, 2.24) is 5.16 Å². The molecule has 1 fully saturated rings. The molecule has 9 heteroatoms. The number of anilines is 1. The van der Waals surface area contributed by atoms with Crippen molar-refractivity contribution in [1.29, 1.82) is 0 Å². The van der Waals surface area contributed by atoms with Gasteiger partial charge in [0.05, 0.1) is 20.8 Å². The molecule has 8 nitrogen and oxygen atoms in total. The Balaban J connectivity index is 1.74. The summed E-state index contributed by atoms with van der Waals surface area (Å²) in [7, 11) is -1.18. The molecule has 0 spiro atoms. The molecule has 0 aliphatic heterocycles. The van der Waals surface area contributed by atoms with Crippen molar-refractivity contribution in [3.63, 3.8) is 0 Å². The molecule has 0 bridgehead atoms. The molecule has 1 aliphatic carbocycles. The molecule has 0 atom stereocenters. The van der Waals surface area contributed by atoms with E-state index >= 15 is 0 Å². The van der Waals surface area contributed by atoms with E-state index in [0.717, 1.165) is 12.8 Å². The minimum Gasteiger partial charge on any atom is -0.496 e. The van der Waals surface area contributed by atoms with E-state index in [9.17, 15) is 8.42 Å². The van der Waals surface area contributed by atoms with Crippen LogP contribution in [0.2, 0.25) is 0 Å². The van der Waals surface area contributed by atoms with Crippen LogP contribution in [0, 0.1) is 5.92 Å². The summed E-state index contributed by atoms with van der Waals surface area (Å²) in [5.41, 5.74) is 0.405. The number of hydrogen-bond acceptors (Lipinski definition) is 7. The van der Waals surface area contributed by atoms with Crippen molar-refractivity contribution in [2.45, 2.75) is 17.7 Å². The number of hydrogen-bond donors (Lipinski definition) is 1. The largest absolute Gasteiger partial charge is 0.496 e. The summed E-state index contributed by atoms with van der Waals surface area (Å²) in [4.78, 5) is -0.0794. The molecule has 0 amide bonds. The van der Waals surface area contributed by atoms with Gasteiger partial charge < -0.3 is 18.7 Å². The smallest absolute Gasteiger partial charge is 0.270 e. The third-order valence-corrected chi connectivity index (χ3v) is 5.92. The number of fused-ring (bicyclic) bond motifs is 1. The summed E-state index contributed by atoms with van der Waals surface area (Å²) < 4.78 is 50.5. The first-order valence-corrected chi connectivity index (χ1v) is 10.3. The second-order valence-electron chi connectivity index (χ2n) is 6.51. The third-order valence-electron chi connectivity index (χ3n) is 4.51. The molecule has 1 N–H and O–H groups in total. The predicted octanol–water partition coefficient (Wildman–Crippen LogP) is 3.43. The zero-order valence-electron chi connectivity index (χ0n) is 15.5. The maximum atomic E-state index is 13.2. The fraction of sp³-hybridized carbons (Fsp3) is 0.316. The normalized spacial score (nSPS) is 14.1. The Labute approximate surface area is 162 Å². The lowest BCUT2D eigenvalue weighted by Crippen LogP contribution is -2.16. The molecule has 0 unspecified atom stereocenters. The van der Waals surface area contributed by atoms with Crippen molar-refractivity contribution in [3.05, 3.63) is 36.4 Å². The fourth-order valence-corrected chi connectivity index (χ4v) is 4.21. The SMILES string of the molecule is COc1cccc(OCC2CC2)c1S(=O)(=O)Nc1noc2cccc(OC)c12. The lowest BCUT2D eigenvalue weighted by Gasteiger charge is -2.15. The first-order chi connectivity index (χ1) is 13.5. The molecule has 1 aromatic heterocycles. The lowest BCUT2D eigenvalue weighted by atomic mass is 10.2. The molecule has 148 valence electrons. The number of methoxy groups -OCH3 is 2. The highest BCUT2D eigenvalue weighted by Crippen LogP contribution is 2.38. The topological polar surface area (TPSA) is 99.9 Å². The van der Waals surface area contributed by atoms with Gasteiger partial charge in [0.15, 0.2) is 16.3 Å². The number of aromatic nitrogens is 1. The molecule has 28 heavy (non-hydrogen) atoms. The van der Waals surface area contributed by atoms with E-state index in [2.05, 4.69) is 9.88 Å². The van der Waals surface area contributed by atoms with Gasteiger partial charge in [0.1, 0.15) is 22.6 Å². The summed E-state index contributed by atoms with van der Waals surface area (Å²) in [6.45, 7) is 0.469. The van der Waals surface area contributed by atoms with E-state index in [4.69, 9.17) is 18.7 Å². The first kappa shape index (κ1) is 18.4. The number of nitrogens with one attached hydrogen (secondary N) is 1. The van der Waals surface area contributed by atoms with Crippen LogP contribution in [0.3, 0.4) is 0 Å². The van der Waals surface area contributed by atoms with E-state index in [0.29, 0.717) is 29.2 Å². The van der Waals surface area contributed by atoms with Crippen molar-refractivity contribution < 1.29 is 27.2 Å². The Bertz CT molecular complexity index is 1100. The van der Waals surface area contributed by atoms with Crippen LogP contribution in [0.15, 0.2) is 45.8 Å². The van der Waals surface area contributed by atoms with Gasteiger partial charge in [0.25, 0.3) is 10.0 Å². The molecule has 4 rings (SSSR count). The maximum Gasteiger partial charge on any atom is 0.270 e. The standard InChI is InChI=1S/C19H20N2O6S/c1-24-13-5-3-6-14-17(13)19(20-27-14)21-28(22,23)18-15(25-2)7-4-8-16(18)26-11-12-9-10-12/h3-8,12H,9-11H2,1-2H3,(H,20,21). The molecular weight excluding hydrogens is 384 g/mol. The van der Waals surface area contributed by atoms with Crippen LogP contribution in [0.4, 0.5) is 5.82 Å². The van der Waals surface area contributed by atoms with Gasteiger partial charge >= 0.3 is 0 Å². The number of sulfonamides is 1. The highest BCUT2D eigenvalue weighted by atomic mass is 32.2. The van der Waals surface area contributed by atoms with Gasteiger partial charge in [0, 0.05) is 0 Å². The Morgan fingerprint density at radius 2 is 1.75 bits per heavy atom. The average molecular weight is 404 g/mol. The maximum absolute atomic E-state index is 13.2. The van der Waals surface area contributed by atoms with Crippen molar-refractivity contribution >= 4 is 26.8 Å². The van der Waals surface area contributed by atoms with Crippen LogP contribution < -0.4 is 18.9 Å². The number of benzene rings is 2. The van der Waals surface area contributed by atoms with E-state index in [-0.39, 0.29) is 22.2 Å². The molecule has 0 saturated heterocycles. The summed E-state index contributed by atoms with van der Waals surface area (Å²) in [5, 5.41) is 4.29. The second kappa shape index (κ2) is 7.23. The molecular formula is C19H20N2O6S. The first-order valence-electron chi connectivity index (χ1n) is 8.78. The monoisotopic (exact) mass is 404 g/mol. The third kappa shape index (κ3) is 3.45. The van der Waals surface area contributed by atoms with Gasteiger partial charge in [-0.15, -0.1) is 0 Å². The van der Waals surface area contributed by atoms with Gasteiger partial charge in [-0.2, -0.15) is 0 Å². The van der Waals surface area contributed by atoms with Crippen molar-refractivity contribution in [3.8, 4) is 17.2 Å². The van der Waals surface area contributed by atoms with Gasteiger partial charge in [-0.1, -0.05) is 17.3 Å². The summed E-state index contributed by atoms with van der Waals surface area (Å²) in [6.07, 6.45) is 2.18. The average Bonchev–Trinajstić information content (AvgIpc) is 3.45. The predicted molar refractivity (Wildman–Crippen MR) is 103 cm³/mol. The van der Waals surface area contributed by atoms with Crippen molar-refractivity contribution in [2.24, 2.45) is 5.92 Å².